The third-order valence-corrected chi connectivity index (χ3v) is 3.17. The number of hydrogen-bond acceptors (Lipinski definition) is 6. The maximum absolute atomic E-state index is 12.1. The summed E-state index contributed by atoms with van der Waals surface area (Å²) in [7, 11) is 0. The van der Waals surface area contributed by atoms with Crippen molar-refractivity contribution in [3.63, 3.8) is 0 Å². The smallest absolute Gasteiger partial charge is 0.257 e. The number of carbonyl (C=O) groups excluding carboxylic acids is 1. The number of rotatable bonds is 4. The van der Waals surface area contributed by atoms with Gasteiger partial charge in [-0.3, -0.25) is 10.1 Å². The van der Waals surface area contributed by atoms with Crippen molar-refractivity contribution in [1.29, 1.82) is 0 Å². The van der Waals surface area contributed by atoms with Crippen molar-refractivity contribution in [3.05, 3.63) is 28.4 Å². The molecule has 0 unspecified atom stereocenters. The first kappa shape index (κ1) is 13.4. The summed E-state index contributed by atoms with van der Waals surface area (Å²) < 4.78 is 0. The van der Waals surface area contributed by atoms with Crippen molar-refractivity contribution in [2.24, 2.45) is 0 Å². The summed E-state index contributed by atoms with van der Waals surface area (Å²) in [6.07, 6.45) is 1.75. The lowest BCUT2D eigenvalue weighted by atomic mass is 10.1. The quantitative estimate of drug-likeness (QED) is 0.891. The number of nitrogens with zero attached hydrogens (tertiary/aromatic N) is 3. The summed E-state index contributed by atoms with van der Waals surface area (Å²) in [6.45, 7) is 3.88. The van der Waals surface area contributed by atoms with Crippen LogP contribution >= 0.6 is 11.3 Å². The van der Waals surface area contributed by atoms with Crippen LogP contribution in [0.1, 0.15) is 34.4 Å². The summed E-state index contributed by atoms with van der Waals surface area (Å²) in [4.78, 5) is 16.3. The third kappa shape index (κ3) is 3.47. The van der Waals surface area contributed by atoms with Crippen LogP contribution in [0.3, 0.4) is 0 Å². The van der Waals surface area contributed by atoms with Gasteiger partial charge < -0.3 is 5.73 Å². The van der Waals surface area contributed by atoms with Gasteiger partial charge in [0.1, 0.15) is 10.8 Å². The zero-order valence-electron chi connectivity index (χ0n) is 10.8. The maximum atomic E-state index is 12.1. The monoisotopic (exact) mass is 277 g/mol. The Bertz CT molecular complexity index is 596. The van der Waals surface area contributed by atoms with E-state index in [1.165, 1.54) is 11.3 Å². The highest BCUT2D eigenvalue weighted by Gasteiger charge is 2.11. The van der Waals surface area contributed by atoms with E-state index in [2.05, 4.69) is 27.4 Å². The Morgan fingerprint density at radius 3 is 2.84 bits per heavy atom. The second-order valence-corrected chi connectivity index (χ2v) is 5.28. The predicted octanol–water partition coefficient (Wildman–Crippen LogP) is 2.03. The molecule has 6 nitrogen and oxygen atoms in total. The van der Waals surface area contributed by atoms with Gasteiger partial charge in [0.25, 0.3) is 5.91 Å². The lowest BCUT2D eigenvalue weighted by Crippen LogP contribution is -2.13. The van der Waals surface area contributed by atoms with E-state index in [-0.39, 0.29) is 5.91 Å². The van der Waals surface area contributed by atoms with Crippen LogP contribution in [0, 0.1) is 6.92 Å². The van der Waals surface area contributed by atoms with Crippen molar-refractivity contribution >= 4 is 28.2 Å². The highest BCUT2D eigenvalue weighted by molar-refractivity contribution is 7.15. The van der Waals surface area contributed by atoms with E-state index in [0.29, 0.717) is 16.5 Å². The average Bonchev–Trinajstić information content (AvgIpc) is 2.74. The highest BCUT2D eigenvalue weighted by atomic mass is 32.1. The molecule has 100 valence electrons. The molecule has 1 amide bonds. The van der Waals surface area contributed by atoms with Gasteiger partial charge in [-0.25, -0.2) is 4.98 Å². The van der Waals surface area contributed by atoms with Crippen molar-refractivity contribution in [2.75, 3.05) is 11.1 Å². The van der Waals surface area contributed by atoms with Gasteiger partial charge in [0.05, 0.1) is 0 Å². The van der Waals surface area contributed by atoms with Crippen molar-refractivity contribution in [3.8, 4) is 0 Å². The van der Waals surface area contributed by atoms with Crippen LogP contribution in [0.15, 0.2) is 12.1 Å². The molecular weight excluding hydrogens is 262 g/mol. The third-order valence-electron chi connectivity index (χ3n) is 2.41. The standard InChI is InChI=1S/C12H15N5OS/c1-3-4-9-5-8(6-10(13)14-9)11(18)15-12-17-16-7(2)19-12/h5-6H,3-4H2,1-2H3,(H2,13,14)(H,15,17,18). The first-order valence-corrected chi connectivity index (χ1v) is 6.78. The molecule has 0 aliphatic carbocycles. The van der Waals surface area contributed by atoms with Gasteiger partial charge in [-0.1, -0.05) is 24.7 Å². The van der Waals surface area contributed by atoms with E-state index in [0.717, 1.165) is 23.5 Å². The Hall–Kier alpha value is -2.02. The average molecular weight is 277 g/mol. The number of aromatic nitrogens is 3. The Balaban J connectivity index is 2.18. The fourth-order valence-electron chi connectivity index (χ4n) is 1.64. The van der Waals surface area contributed by atoms with E-state index in [1.807, 2.05) is 6.92 Å². The number of pyridine rings is 1. The molecule has 0 bridgehead atoms. The largest absolute Gasteiger partial charge is 0.384 e. The van der Waals surface area contributed by atoms with Gasteiger partial charge in [-0.15, -0.1) is 10.2 Å². The van der Waals surface area contributed by atoms with Crippen molar-refractivity contribution in [2.45, 2.75) is 26.7 Å². The number of nitrogens with one attached hydrogen (secondary N) is 1. The lowest BCUT2D eigenvalue weighted by molar-refractivity contribution is 0.102. The first-order valence-electron chi connectivity index (χ1n) is 5.96. The molecule has 3 N–H and O–H groups in total. The van der Waals surface area contributed by atoms with Crippen molar-refractivity contribution in [1.82, 2.24) is 15.2 Å². The van der Waals surface area contributed by atoms with E-state index in [9.17, 15) is 4.79 Å². The summed E-state index contributed by atoms with van der Waals surface area (Å²) >= 11 is 1.33. The Morgan fingerprint density at radius 2 is 2.21 bits per heavy atom. The second kappa shape index (κ2) is 5.75. The molecule has 0 spiro atoms. The molecule has 2 aromatic rings. The minimum absolute atomic E-state index is 0.248. The molecule has 0 radical (unpaired) electrons. The van der Waals surface area contributed by atoms with Gasteiger partial charge in [0, 0.05) is 11.3 Å². The zero-order chi connectivity index (χ0) is 13.8. The number of carbonyl (C=O) groups is 1. The molecule has 2 aromatic heterocycles. The van der Waals surface area contributed by atoms with Gasteiger partial charge in [-0.2, -0.15) is 0 Å². The fourth-order valence-corrected chi connectivity index (χ4v) is 2.23. The van der Waals surface area contributed by atoms with Crippen LogP contribution in [-0.4, -0.2) is 21.1 Å². The SMILES string of the molecule is CCCc1cc(C(=O)Nc2nnc(C)s2)cc(N)n1. The fraction of sp³-hybridized carbons (Fsp3) is 0.333. The second-order valence-electron chi connectivity index (χ2n) is 4.10. The number of nitrogens with two attached hydrogens (primary N) is 1. The number of aryl methyl sites for hydroxylation is 2. The van der Waals surface area contributed by atoms with E-state index in [1.54, 1.807) is 12.1 Å². The molecule has 2 heterocycles. The molecule has 0 aliphatic rings. The molecule has 0 saturated carbocycles. The van der Waals surface area contributed by atoms with Crippen LogP contribution < -0.4 is 11.1 Å². The Kier molecular flexibility index (Phi) is 4.06. The summed E-state index contributed by atoms with van der Waals surface area (Å²) in [5.41, 5.74) is 7.02. The Labute approximate surface area is 115 Å². The minimum atomic E-state index is -0.248. The molecule has 0 aliphatic heterocycles. The van der Waals surface area contributed by atoms with Crippen molar-refractivity contribution < 1.29 is 4.79 Å². The normalized spacial score (nSPS) is 10.4. The number of amides is 1. The van der Waals surface area contributed by atoms with Crippen LogP contribution in [-0.2, 0) is 6.42 Å². The summed E-state index contributed by atoms with van der Waals surface area (Å²) in [5, 5.41) is 11.7. The maximum Gasteiger partial charge on any atom is 0.257 e. The van der Waals surface area contributed by atoms with E-state index >= 15 is 0 Å². The zero-order valence-corrected chi connectivity index (χ0v) is 11.6. The van der Waals surface area contributed by atoms with Crippen LogP contribution in [0.5, 0.6) is 0 Å². The predicted molar refractivity (Wildman–Crippen MR) is 75.2 cm³/mol. The van der Waals surface area contributed by atoms with Gasteiger partial charge in [-0.05, 0) is 25.5 Å². The highest BCUT2D eigenvalue weighted by Crippen LogP contribution is 2.16. The van der Waals surface area contributed by atoms with Crippen LogP contribution in [0.2, 0.25) is 0 Å². The molecule has 7 heteroatoms. The van der Waals surface area contributed by atoms with E-state index in [4.69, 9.17) is 5.73 Å². The molecule has 19 heavy (non-hydrogen) atoms. The van der Waals surface area contributed by atoms with Gasteiger partial charge >= 0.3 is 0 Å². The van der Waals surface area contributed by atoms with Crippen LogP contribution in [0.4, 0.5) is 10.9 Å². The summed E-state index contributed by atoms with van der Waals surface area (Å²) in [5.74, 6) is 0.104. The van der Waals surface area contributed by atoms with E-state index < -0.39 is 0 Å². The molecule has 2 rings (SSSR count). The van der Waals surface area contributed by atoms with Gasteiger partial charge in [0.2, 0.25) is 5.13 Å². The number of hydrogen-bond donors (Lipinski definition) is 2. The minimum Gasteiger partial charge on any atom is -0.384 e. The number of anilines is 2. The molecule has 0 aromatic carbocycles. The molecular formula is C12H15N5OS. The number of nitrogen functional groups attached to an aromatic ring is 1. The molecule has 0 saturated heterocycles. The van der Waals surface area contributed by atoms with Crippen LogP contribution in [0.25, 0.3) is 0 Å². The molecule has 0 atom stereocenters. The lowest BCUT2D eigenvalue weighted by Gasteiger charge is -2.05. The first-order chi connectivity index (χ1) is 9.08. The Morgan fingerprint density at radius 1 is 1.42 bits per heavy atom. The topological polar surface area (TPSA) is 93.8 Å². The summed E-state index contributed by atoms with van der Waals surface area (Å²) in [6, 6.07) is 3.31. The molecule has 0 fully saturated rings. The van der Waals surface area contributed by atoms with Gasteiger partial charge in [0.15, 0.2) is 0 Å².